The maximum Gasteiger partial charge on any atom is 0.267 e. The average molecular weight is 484 g/mol. The van der Waals surface area contributed by atoms with Gasteiger partial charge in [0.25, 0.3) is 5.56 Å². The minimum Gasteiger partial charge on any atom is -0.325 e. The van der Waals surface area contributed by atoms with E-state index in [9.17, 15) is 9.59 Å². The van der Waals surface area contributed by atoms with Gasteiger partial charge in [-0.15, -0.1) is 10.2 Å². The van der Waals surface area contributed by atoms with Gasteiger partial charge in [0.05, 0.1) is 22.3 Å². The number of aromatic nitrogens is 4. The highest BCUT2D eigenvalue weighted by Crippen LogP contribution is 2.26. The number of fused-ring (bicyclic) bond motifs is 3. The van der Waals surface area contributed by atoms with Crippen molar-refractivity contribution in [1.82, 2.24) is 19.2 Å². The molecule has 5 rings (SSSR count). The number of benzene rings is 3. The second kappa shape index (κ2) is 9.03. The van der Waals surface area contributed by atoms with Crippen LogP contribution in [-0.4, -0.2) is 30.8 Å². The summed E-state index contributed by atoms with van der Waals surface area (Å²) in [4.78, 5) is 26.4. The molecular formula is C27H25N5O2S. The lowest BCUT2D eigenvalue weighted by atomic mass is 10.1. The molecule has 0 aliphatic rings. The van der Waals surface area contributed by atoms with Crippen LogP contribution in [0.3, 0.4) is 0 Å². The Hall–Kier alpha value is -3.91. The van der Waals surface area contributed by atoms with Crippen molar-refractivity contribution in [3.8, 4) is 5.69 Å². The van der Waals surface area contributed by atoms with E-state index in [1.165, 1.54) is 11.8 Å². The normalized spacial score (nSPS) is 11.3. The summed E-state index contributed by atoms with van der Waals surface area (Å²) in [5.74, 6) is 0.447. The highest BCUT2D eigenvalue weighted by molar-refractivity contribution is 7.99. The molecule has 2 aromatic heterocycles. The quantitative estimate of drug-likeness (QED) is 0.356. The van der Waals surface area contributed by atoms with Crippen LogP contribution in [0.25, 0.3) is 22.4 Å². The van der Waals surface area contributed by atoms with E-state index in [2.05, 4.69) is 15.5 Å². The van der Waals surface area contributed by atoms with Gasteiger partial charge in [0.15, 0.2) is 5.16 Å². The predicted molar refractivity (Wildman–Crippen MR) is 141 cm³/mol. The van der Waals surface area contributed by atoms with Gasteiger partial charge in [-0.25, -0.2) is 4.57 Å². The molecule has 0 fully saturated rings. The number of hydrogen-bond donors (Lipinski definition) is 1. The van der Waals surface area contributed by atoms with Gasteiger partial charge < -0.3 is 5.32 Å². The monoisotopic (exact) mass is 483 g/mol. The summed E-state index contributed by atoms with van der Waals surface area (Å²) in [6, 6.07) is 19.2. The molecule has 8 heteroatoms. The van der Waals surface area contributed by atoms with Crippen LogP contribution in [0.4, 0.5) is 5.69 Å². The van der Waals surface area contributed by atoms with Crippen molar-refractivity contribution in [3.63, 3.8) is 0 Å². The molecule has 0 aliphatic heterocycles. The molecule has 3 aromatic carbocycles. The molecule has 0 bridgehead atoms. The molecule has 1 N–H and O–H groups in total. The fraction of sp³-hybridized carbons (Fsp3) is 0.185. The minimum absolute atomic E-state index is 0.128. The van der Waals surface area contributed by atoms with Crippen LogP contribution in [0.15, 0.2) is 70.6 Å². The zero-order chi connectivity index (χ0) is 24.7. The number of para-hydroxylation sites is 2. The van der Waals surface area contributed by atoms with E-state index in [0.717, 1.165) is 33.6 Å². The first-order chi connectivity index (χ1) is 16.9. The summed E-state index contributed by atoms with van der Waals surface area (Å²) in [7, 11) is 0. The number of hydrogen-bond acceptors (Lipinski definition) is 5. The number of nitrogens with zero attached hydrogens (tertiary/aromatic N) is 4. The maximum absolute atomic E-state index is 13.6. The SMILES string of the molecule is Cc1cccc(-n2c(=O)c3ccccc3n3c(SCC(=O)Nc4c(C)cccc4C)nnc23)c1C. The number of anilines is 1. The summed E-state index contributed by atoms with van der Waals surface area (Å²) in [6.07, 6.45) is 0. The molecule has 0 saturated carbocycles. The molecule has 0 saturated heterocycles. The number of carbonyl (C=O) groups is 1. The maximum atomic E-state index is 13.6. The fourth-order valence-electron chi connectivity index (χ4n) is 4.28. The van der Waals surface area contributed by atoms with Crippen molar-refractivity contribution in [2.45, 2.75) is 32.9 Å². The van der Waals surface area contributed by atoms with Gasteiger partial charge >= 0.3 is 0 Å². The number of nitrogens with one attached hydrogen (secondary N) is 1. The lowest BCUT2D eigenvalue weighted by Crippen LogP contribution is -2.23. The molecule has 0 spiro atoms. The van der Waals surface area contributed by atoms with Gasteiger partial charge in [-0.05, 0) is 68.1 Å². The third kappa shape index (κ3) is 4.00. The Morgan fingerprint density at radius 3 is 2.34 bits per heavy atom. The third-order valence-electron chi connectivity index (χ3n) is 6.29. The second-order valence-electron chi connectivity index (χ2n) is 8.60. The summed E-state index contributed by atoms with van der Waals surface area (Å²) in [5, 5.41) is 12.9. The van der Waals surface area contributed by atoms with E-state index in [1.807, 2.05) is 86.7 Å². The highest BCUT2D eigenvalue weighted by Gasteiger charge is 2.20. The summed E-state index contributed by atoms with van der Waals surface area (Å²) in [5.41, 5.74) is 6.26. The summed E-state index contributed by atoms with van der Waals surface area (Å²) in [6.45, 7) is 7.95. The fourth-order valence-corrected chi connectivity index (χ4v) is 5.02. The van der Waals surface area contributed by atoms with Crippen LogP contribution in [-0.2, 0) is 4.79 Å². The summed E-state index contributed by atoms with van der Waals surface area (Å²) < 4.78 is 3.47. The topological polar surface area (TPSA) is 81.3 Å². The molecule has 0 radical (unpaired) electrons. The van der Waals surface area contributed by atoms with Crippen molar-refractivity contribution >= 4 is 40.0 Å². The van der Waals surface area contributed by atoms with E-state index >= 15 is 0 Å². The Morgan fingerprint density at radius 2 is 1.57 bits per heavy atom. The number of carbonyl (C=O) groups excluding carboxylic acids is 1. The van der Waals surface area contributed by atoms with Gasteiger partial charge in [-0.2, -0.15) is 0 Å². The highest BCUT2D eigenvalue weighted by atomic mass is 32.2. The first-order valence-corrected chi connectivity index (χ1v) is 12.3. The average Bonchev–Trinajstić information content (AvgIpc) is 3.27. The number of rotatable bonds is 5. The molecule has 35 heavy (non-hydrogen) atoms. The van der Waals surface area contributed by atoms with Crippen LogP contribution in [0.1, 0.15) is 22.3 Å². The Bertz CT molecular complexity index is 1650. The molecule has 2 heterocycles. The predicted octanol–water partition coefficient (Wildman–Crippen LogP) is 5.00. The Balaban J connectivity index is 1.58. The van der Waals surface area contributed by atoms with Crippen LogP contribution in [0, 0.1) is 27.7 Å². The van der Waals surface area contributed by atoms with Crippen molar-refractivity contribution in [1.29, 1.82) is 0 Å². The van der Waals surface area contributed by atoms with E-state index in [0.29, 0.717) is 21.8 Å². The van der Waals surface area contributed by atoms with E-state index in [-0.39, 0.29) is 17.2 Å². The van der Waals surface area contributed by atoms with Gasteiger partial charge in [0.2, 0.25) is 11.7 Å². The zero-order valence-corrected chi connectivity index (χ0v) is 20.8. The van der Waals surface area contributed by atoms with E-state index < -0.39 is 0 Å². The van der Waals surface area contributed by atoms with Crippen LogP contribution >= 0.6 is 11.8 Å². The molecule has 1 amide bonds. The number of amides is 1. The lowest BCUT2D eigenvalue weighted by Gasteiger charge is -2.14. The zero-order valence-electron chi connectivity index (χ0n) is 20.0. The molecule has 5 aromatic rings. The molecule has 0 unspecified atom stereocenters. The van der Waals surface area contributed by atoms with Gasteiger partial charge in [0.1, 0.15) is 0 Å². The van der Waals surface area contributed by atoms with Gasteiger partial charge in [0, 0.05) is 5.69 Å². The van der Waals surface area contributed by atoms with Crippen LogP contribution in [0.2, 0.25) is 0 Å². The molecule has 7 nitrogen and oxygen atoms in total. The van der Waals surface area contributed by atoms with Crippen molar-refractivity contribution in [2.75, 3.05) is 11.1 Å². The molecule has 0 aliphatic carbocycles. The first kappa shape index (κ1) is 22.9. The molecule has 0 atom stereocenters. The van der Waals surface area contributed by atoms with Crippen molar-refractivity contribution in [3.05, 3.63) is 93.3 Å². The van der Waals surface area contributed by atoms with E-state index in [4.69, 9.17) is 0 Å². The van der Waals surface area contributed by atoms with E-state index in [1.54, 1.807) is 10.6 Å². The molecular weight excluding hydrogens is 458 g/mol. The number of thioether (sulfide) groups is 1. The second-order valence-corrected chi connectivity index (χ2v) is 9.54. The first-order valence-electron chi connectivity index (χ1n) is 11.3. The lowest BCUT2D eigenvalue weighted by molar-refractivity contribution is -0.113. The third-order valence-corrected chi connectivity index (χ3v) is 7.22. The Morgan fingerprint density at radius 1 is 0.886 bits per heavy atom. The summed E-state index contributed by atoms with van der Waals surface area (Å²) >= 11 is 1.29. The van der Waals surface area contributed by atoms with Crippen LogP contribution < -0.4 is 10.9 Å². The van der Waals surface area contributed by atoms with Crippen LogP contribution in [0.5, 0.6) is 0 Å². The Kier molecular flexibility index (Phi) is 5.90. The van der Waals surface area contributed by atoms with Gasteiger partial charge in [-0.1, -0.05) is 54.2 Å². The largest absolute Gasteiger partial charge is 0.325 e. The molecule has 176 valence electrons. The standard InChI is InChI=1S/C27H25N5O2S/c1-16-9-8-14-21(19(16)4)31-25(34)20-12-5-6-13-22(20)32-26(31)29-30-27(32)35-15-23(33)28-24-17(2)10-7-11-18(24)3/h5-14H,15H2,1-4H3,(H,28,33). The Labute approximate surface area is 206 Å². The van der Waals surface area contributed by atoms with Crippen molar-refractivity contribution in [2.24, 2.45) is 0 Å². The van der Waals surface area contributed by atoms with Crippen molar-refractivity contribution < 1.29 is 4.79 Å². The smallest absolute Gasteiger partial charge is 0.267 e. The minimum atomic E-state index is -0.154. The van der Waals surface area contributed by atoms with Gasteiger partial charge in [-0.3, -0.25) is 14.0 Å². The number of aryl methyl sites for hydroxylation is 3.